The van der Waals surface area contributed by atoms with E-state index in [1.165, 1.54) is 5.56 Å². The van der Waals surface area contributed by atoms with E-state index < -0.39 is 0 Å². The van der Waals surface area contributed by atoms with Gasteiger partial charge < -0.3 is 5.32 Å². The predicted octanol–water partition coefficient (Wildman–Crippen LogP) is 3.87. The highest BCUT2D eigenvalue weighted by molar-refractivity contribution is 5.29. The Morgan fingerprint density at radius 3 is 2.59 bits per heavy atom. The lowest BCUT2D eigenvalue weighted by Gasteiger charge is -2.22. The van der Waals surface area contributed by atoms with Gasteiger partial charge in [-0.15, -0.1) is 0 Å². The maximum absolute atomic E-state index is 13.0. The Morgan fingerprint density at radius 2 is 2.00 bits per heavy atom. The molecule has 0 radical (unpaired) electrons. The molecule has 0 heterocycles. The van der Waals surface area contributed by atoms with Crippen LogP contribution in [-0.4, -0.2) is 13.1 Å². The first-order valence-corrected chi connectivity index (χ1v) is 6.53. The van der Waals surface area contributed by atoms with E-state index in [-0.39, 0.29) is 5.82 Å². The molecule has 0 aliphatic carbocycles. The number of halogens is 1. The van der Waals surface area contributed by atoms with Gasteiger partial charge in [0.1, 0.15) is 5.82 Å². The van der Waals surface area contributed by atoms with E-state index in [4.69, 9.17) is 0 Å². The first-order valence-electron chi connectivity index (χ1n) is 6.53. The smallest absolute Gasteiger partial charge is 0.123 e. The van der Waals surface area contributed by atoms with Crippen LogP contribution in [0.4, 0.5) is 4.39 Å². The van der Waals surface area contributed by atoms with Crippen molar-refractivity contribution in [2.45, 2.75) is 40.0 Å². The van der Waals surface area contributed by atoms with Crippen molar-refractivity contribution in [3.05, 3.63) is 35.1 Å². The Hall–Kier alpha value is -0.890. The SMILES string of the molecule is CCCNCC(C)C(C)c1ccc(F)cc1C. The van der Waals surface area contributed by atoms with Gasteiger partial charge in [-0.05, 0) is 61.5 Å². The fourth-order valence-corrected chi connectivity index (χ4v) is 2.14. The highest BCUT2D eigenvalue weighted by Crippen LogP contribution is 2.26. The van der Waals surface area contributed by atoms with Crippen molar-refractivity contribution >= 4 is 0 Å². The third kappa shape index (κ3) is 4.12. The van der Waals surface area contributed by atoms with Crippen molar-refractivity contribution in [1.82, 2.24) is 5.32 Å². The number of hydrogen-bond acceptors (Lipinski definition) is 1. The largest absolute Gasteiger partial charge is 0.316 e. The number of nitrogens with one attached hydrogen (secondary N) is 1. The van der Waals surface area contributed by atoms with Gasteiger partial charge in [-0.1, -0.05) is 26.8 Å². The van der Waals surface area contributed by atoms with Crippen LogP contribution in [0.15, 0.2) is 18.2 Å². The van der Waals surface area contributed by atoms with Gasteiger partial charge in [0.05, 0.1) is 0 Å². The van der Waals surface area contributed by atoms with Crippen molar-refractivity contribution < 1.29 is 4.39 Å². The van der Waals surface area contributed by atoms with Crippen molar-refractivity contribution in [2.24, 2.45) is 5.92 Å². The summed E-state index contributed by atoms with van der Waals surface area (Å²) in [5.41, 5.74) is 2.32. The van der Waals surface area contributed by atoms with Gasteiger partial charge in [0, 0.05) is 0 Å². The van der Waals surface area contributed by atoms with Gasteiger partial charge in [0.15, 0.2) is 0 Å². The Labute approximate surface area is 104 Å². The number of hydrogen-bond donors (Lipinski definition) is 1. The summed E-state index contributed by atoms with van der Waals surface area (Å²) < 4.78 is 13.0. The number of aryl methyl sites for hydroxylation is 1. The van der Waals surface area contributed by atoms with Gasteiger partial charge in [0.2, 0.25) is 0 Å². The molecule has 96 valence electrons. The van der Waals surface area contributed by atoms with Crippen LogP contribution in [0.25, 0.3) is 0 Å². The maximum Gasteiger partial charge on any atom is 0.123 e. The molecule has 1 rings (SSSR count). The van der Waals surface area contributed by atoms with Crippen LogP contribution in [0.2, 0.25) is 0 Å². The second-order valence-corrected chi connectivity index (χ2v) is 4.97. The average Bonchev–Trinajstić information content (AvgIpc) is 2.28. The Morgan fingerprint density at radius 1 is 1.29 bits per heavy atom. The van der Waals surface area contributed by atoms with Crippen LogP contribution in [0.3, 0.4) is 0 Å². The zero-order valence-corrected chi connectivity index (χ0v) is 11.4. The van der Waals surface area contributed by atoms with Gasteiger partial charge in [-0.3, -0.25) is 0 Å². The summed E-state index contributed by atoms with van der Waals surface area (Å²) in [5.74, 6) is 0.876. The summed E-state index contributed by atoms with van der Waals surface area (Å²) in [6.07, 6.45) is 1.16. The summed E-state index contributed by atoms with van der Waals surface area (Å²) in [5, 5.41) is 3.44. The number of benzene rings is 1. The second kappa shape index (κ2) is 6.75. The molecule has 2 unspecified atom stereocenters. The van der Waals surface area contributed by atoms with Gasteiger partial charge in [-0.25, -0.2) is 4.39 Å². The first kappa shape index (κ1) is 14.2. The minimum Gasteiger partial charge on any atom is -0.316 e. The summed E-state index contributed by atoms with van der Waals surface area (Å²) in [6, 6.07) is 5.11. The normalized spacial score (nSPS) is 14.6. The van der Waals surface area contributed by atoms with E-state index in [1.807, 2.05) is 13.0 Å². The number of rotatable bonds is 6. The summed E-state index contributed by atoms with van der Waals surface area (Å²) >= 11 is 0. The van der Waals surface area contributed by atoms with Crippen LogP contribution in [0, 0.1) is 18.7 Å². The lowest BCUT2D eigenvalue weighted by molar-refractivity contribution is 0.446. The summed E-state index contributed by atoms with van der Waals surface area (Å²) in [4.78, 5) is 0. The van der Waals surface area contributed by atoms with E-state index in [0.717, 1.165) is 25.1 Å². The molecule has 17 heavy (non-hydrogen) atoms. The average molecular weight is 237 g/mol. The van der Waals surface area contributed by atoms with Crippen molar-refractivity contribution in [3.63, 3.8) is 0 Å². The quantitative estimate of drug-likeness (QED) is 0.740. The van der Waals surface area contributed by atoms with Gasteiger partial charge in [0.25, 0.3) is 0 Å². The minimum atomic E-state index is -0.143. The van der Waals surface area contributed by atoms with Gasteiger partial charge in [-0.2, -0.15) is 0 Å². The van der Waals surface area contributed by atoms with Crippen molar-refractivity contribution in [1.29, 1.82) is 0 Å². The van der Waals surface area contributed by atoms with Crippen molar-refractivity contribution in [3.8, 4) is 0 Å². The monoisotopic (exact) mass is 237 g/mol. The van der Waals surface area contributed by atoms with Crippen molar-refractivity contribution in [2.75, 3.05) is 13.1 Å². The van der Waals surface area contributed by atoms with E-state index in [9.17, 15) is 4.39 Å². The third-order valence-electron chi connectivity index (χ3n) is 3.47. The first-order chi connectivity index (χ1) is 8.06. The molecule has 0 aromatic heterocycles. The fraction of sp³-hybridized carbons (Fsp3) is 0.600. The molecule has 0 saturated heterocycles. The standard InChI is InChI=1S/C15H24FN/c1-5-8-17-10-12(3)13(4)15-7-6-14(16)9-11(15)2/h6-7,9,12-13,17H,5,8,10H2,1-4H3. The lowest BCUT2D eigenvalue weighted by Crippen LogP contribution is -2.25. The molecule has 0 fully saturated rings. The highest BCUT2D eigenvalue weighted by atomic mass is 19.1. The highest BCUT2D eigenvalue weighted by Gasteiger charge is 2.16. The minimum absolute atomic E-state index is 0.143. The van der Waals surface area contributed by atoms with Gasteiger partial charge >= 0.3 is 0 Å². The Bertz CT molecular complexity index is 349. The Balaban J connectivity index is 2.64. The van der Waals surface area contributed by atoms with Crippen LogP contribution >= 0.6 is 0 Å². The zero-order valence-electron chi connectivity index (χ0n) is 11.4. The lowest BCUT2D eigenvalue weighted by atomic mass is 9.86. The van der Waals surface area contributed by atoms with Crippen LogP contribution in [0.1, 0.15) is 44.2 Å². The van der Waals surface area contributed by atoms with Crippen LogP contribution < -0.4 is 5.32 Å². The molecule has 1 aromatic rings. The molecule has 0 spiro atoms. The molecule has 0 aliphatic rings. The van der Waals surface area contributed by atoms with E-state index in [2.05, 4.69) is 26.1 Å². The molecule has 1 nitrogen and oxygen atoms in total. The van der Waals surface area contributed by atoms with Crippen LogP contribution in [-0.2, 0) is 0 Å². The van der Waals surface area contributed by atoms with E-state index in [0.29, 0.717) is 11.8 Å². The molecular formula is C15H24FN. The molecule has 2 heteroatoms. The molecule has 1 N–H and O–H groups in total. The second-order valence-electron chi connectivity index (χ2n) is 4.97. The molecule has 2 atom stereocenters. The molecule has 0 amide bonds. The maximum atomic E-state index is 13.0. The molecular weight excluding hydrogens is 213 g/mol. The molecule has 0 saturated carbocycles. The third-order valence-corrected chi connectivity index (χ3v) is 3.47. The predicted molar refractivity (Wildman–Crippen MR) is 71.9 cm³/mol. The van der Waals surface area contributed by atoms with E-state index >= 15 is 0 Å². The summed E-state index contributed by atoms with van der Waals surface area (Å²) in [6.45, 7) is 10.7. The molecule has 0 bridgehead atoms. The van der Waals surface area contributed by atoms with E-state index in [1.54, 1.807) is 12.1 Å². The summed E-state index contributed by atoms with van der Waals surface area (Å²) in [7, 11) is 0. The Kier molecular flexibility index (Phi) is 5.63. The topological polar surface area (TPSA) is 12.0 Å². The molecule has 0 aliphatic heterocycles. The molecule has 1 aromatic carbocycles. The fourth-order valence-electron chi connectivity index (χ4n) is 2.14. The van der Waals surface area contributed by atoms with Crippen LogP contribution in [0.5, 0.6) is 0 Å². The zero-order chi connectivity index (χ0) is 12.8.